The van der Waals surface area contributed by atoms with Crippen LogP contribution < -0.4 is 0 Å². The van der Waals surface area contributed by atoms with E-state index in [1.54, 1.807) is 0 Å². The maximum atomic E-state index is 12.4. The first-order valence-corrected chi connectivity index (χ1v) is 10.6. The molecule has 2 unspecified atom stereocenters. The number of rotatable bonds is 13. The van der Waals surface area contributed by atoms with Crippen LogP contribution in [0.5, 0.6) is 0 Å². The number of hydrogen-bond donors (Lipinski definition) is 1. The molecule has 2 rings (SSSR count). The van der Waals surface area contributed by atoms with Crippen LogP contribution in [0.2, 0.25) is 0 Å². The molecule has 1 aliphatic carbocycles. The van der Waals surface area contributed by atoms with Crippen molar-refractivity contribution in [3.8, 4) is 0 Å². The van der Waals surface area contributed by atoms with Crippen LogP contribution in [0.25, 0.3) is 0 Å². The Hall–Kier alpha value is -1.16. The van der Waals surface area contributed by atoms with Crippen molar-refractivity contribution in [2.45, 2.75) is 82.9 Å². The zero-order valence-corrected chi connectivity index (χ0v) is 17.2. The number of carbonyl (C=O) groups excluding carboxylic acids is 1. The molecule has 2 atom stereocenters. The summed E-state index contributed by atoms with van der Waals surface area (Å²) in [5.41, 5.74) is 1.60. The number of Topliss-reactive ketones (excluding diaryl/α,β-unsaturated/α-hetero) is 1. The molecule has 0 bridgehead atoms. The van der Waals surface area contributed by atoms with Crippen LogP contribution >= 0.6 is 12.6 Å². The third-order valence-electron chi connectivity index (χ3n) is 5.94. The van der Waals surface area contributed by atoms with Gasteiger partial charge in [-0.2, -0.15) is 12.6 Å². The second-order valence-corrected chi connectivity index (χ2v) is 8.67. The summed E-state index contributed by atoms with van der Waals surface area (Å²) in [6, 6.07) is 10.3. The summed E-state index contributed by atoms with van der Waals surface area (Å²) in [5.74, 6) is 0.300. The fourth-order valence-electron chi connectivity index (χ4n) is 3.44. The van der Waals surface area contributed by atoms with E-state index >= 15 is 0 Å². The standard InChI is InChI=1S/C22H33NO2S/c1-3-22(15-16-22)17-23(25)18(2)21(26)14-13-20(24)12-8-7-11-19-9-5-4-6-10-19/h4-6,9-10,18,21H,3,7-8,11-17H2,1-2H3/p+1. The van der Waals surface area contributed by atoms with Crippen LogP contribution in [-0.2, 0) is 11.2 Å². The minimum absolute atomic E-state index is 0.0339. The summed E-state index contributed by atoms with van der Waals surface area (Å²) < 4.78 is 1.21. The molecule has 0 heterocycles. The predicted octanol–water partition coefficient (Wildman–Crippen LogP) is 5.40. The Bertz CT molecular complexity index is 583. The number of carbonyl (C=O) groups is 1. The zero-order valence-electron chi connectivity index (χ0n) is 16.3. The molecular weight excluding hydrogens is 342 g/mol. The van der Waals surface area contributed by atoms with Gasteiger partial charge in [0.2, 0.25) is 6.04 Å². The van der Waals surface area contributed by atoms with Crippen LogP contribution in [0.15, 0.2) is 30.3 Å². The first-order chi connectivity index (χ1) is 12.5. The Balaban J connectivity index is 1.59. The summed E-state index contributed by atoms with van der Waals surface area (Å²) >= 11 is 4.60. The SMILES string of the molecule is CCC1(C[N+](=O)C(C)C(S)CCC(=O)CCCCc2ccccc2)CC1. The highest BCUT2D eigenvalue weighted by molar-refractivity contribution is 7.81. The van der Waals surface area contributed by atoms with Gasteiger partial charge in [0.15, 0.2) is 6.54 Å². The molecule has 1 fully saturated rings. The summed E-state index contributed by atoms with van der Waals surface area (Å²) in [6.45, 7) is 4.73. The number of hydrogen-bond acceptors (Lipinski definition) is 3. The minimum Gasteiger partial charge on any atom is -0.300 e. The summed E-state index contributed by atoms with van der Waals surface area (Å²) in [6.07, 6.45) is 8.32. The number of thiol groups is 1. The molecule has 1 aromatic carbocycles. The lowest BCUT2D eigenvalue weighted by Gasteiger charge is -2.15. The molecule has 1 saturated carbocycles. The molecule has 0 N–H and O–H groups in total. The Morgan fingerprint density at radius 1 is 1.19 bits per heavy atom. The Labute approximate surface area is 163 Å². The van der Waals surface area contributed by atoms with E-state index in [0.717, 1.165) is 25.7 Å². The van der Waals surface area contributed by atoms with Crippen molar-refractivity contribution in [2.75, 3.05) is 6.54 Å². The molecule has 0 amide bonds. The lowest BCUT2D eigenvalue weighted by Crippen LogP contribution is -2.34. The van der Waals surface area contributed by atoms with Gasteiger partial charge >= 0.3 is 0 Å². The fraction of sp³-hybridized carbons (Fsp3) is 0.682. The van der Waals surface area contributed by atoms with Crippen LogP contribution in [0.1, 0.15) is 70.8 Å². The molecule has 0 aliphatic heterocycles. The van der Waals surface area contributed by atoms with E-state index in [1.165, 1.54) is 23.2 Å². The third-order valence-corrected chi connectivity index (χ3v) is 6.63. The normalized spacial score (nSPS) is 17.5. The van der Waals surface area contributed by atoms with Crippen LogP contribution in [-0.4, -0.2) is 28.4 Å². The Morgan fingerprint density at radius 2 is 1.88 bits per heavy atom. The number of benzene rings is 1. The van der Waals surface area contributed by atoms with E-state index in [4.69, 9.17) is 0 Å². The van der Waals surface area contributed by atoms with Gasteiger partial charge in [-0.25, -0.2) is 0 Å². The van der Waals surface area contributed by atoms with E-state index in [0.29, 0.717) is 31.6 Å². The van der Waals surface area contributed by atoms with Crippen molar-refractivity contribution in [3.63, 3.8) is 0 Å². The van der Waals surface area contributed by atoms with E-state index in [2.05, 4.69) is 43.8 Å². The Morgan fingerprint density at radius 3 is 2.50 bits per heavy atom. The maximum Gasteiger partial charge on any atom is 0.210 e. The second-order valence-electron chi connectivity index (χ2n) is 8.01. The molecule has 1 aromatic rings. The van der Waals surface area contributed by atoms with E-state index in [1.807, 2.05) is 13.0 Å². The third kappa shape index (κ3) is 6.86. The highest BCUT2D eigenvalue weighted by Gasteiger charge is 2.47. The average molecular weight is 377 g/mol. The van der Waals surface area contributed by atoms with Crippen molar-refractivity contribution >= 4 is 18.4 Å². The van der Waals surface area contributed by atoms with E-state index < -0.39 is 0 Å². The van der Waals surface area contributed by atoms with Gasteiger partial charge in [-0.3, -0.25) is 4.79 Å². The average Bonchev–Trinajstić information content (AvgIpc) is 3.43. The number of nitroso groups, excluding NO2 is 1. The van der Waals surface area contributed by atoms with Crippen molar-refractivity contribution in [1.29, 1.82) is 0 Å². The van der Waals surface area contributed by atoms with Gasteiger partial charge in [0.25, 0.3) is 0 Å². The smallest absolute Gasteiger partial charge is 0.210 e. The van der Waals surface area contributed by atoms with Crippen molar-refractivity contribution in [1.82, 2.24) is 0 Å². The zero-order chi connectivity index (χ0) is 19.0. The molecule has 1 aliphatic rings. The highest BCUT2D eigenvalue weighted by Crippen LogP contribution is 2.48. The molecule has 4 heteroatoms. The van der Waals surface area contributed by atoms with Gasteiger partial charge in [0.1, 0.15) is 5.78 Å². The second kappa shape index (κ2) is 10.2. The summed E-state index contributed by atoms with van der Waals surface area (Å²) in [4.78, 5) is 24.5. The summed E-state index contributed by atoms with van der Waals surface area (Å²) in [7, 11) is 0. The maximum absolute atomic E-state index is 12.4. The van der Waals surface area contributed by atoms with E-state index in [-0.39, 0.29) is 16.7 Å². The molecule has 0 saturated heterocycles. The number of aryl methyl sites for hydroxylation is 1. The van der Waals surface area contributed by atoms with Crippen molar-refractivity contribution in [2.24, 2.45) is 5.41 Å². The van der Waals surface area contributed by atoms with Crippen molar-refractivity contribution in [3.05, 3.63) is 40.8 Å². The van der Waals surface area contributed by atoms with Gasteiger partial charge in [-0.05, 0) is 50.5 Å². The van der Waals surface area contributed by atoms with E-state index in [9.17, 15) is 9.70 Å². The lowest BCUT2D eigenvalue weighted by molar-refractivity contribution is -0.590. The molecule has 0 aromatic heterocycles. The van der Waals surface area contributed by atoms with Gasteiger partial charge < -0.3 is 0 Å². The van der Waals surface area contributed by atoms with Gasteiger partial charge in [0, 0.05) is 34.8 Å². The van der Waals surface area contributed by atoms with Crippen LogP contribution in [0.4, 0.5) is 0 Å². The first kappa shape index (κ1) is 21.1. The molecule has 0 spiro atoms. The number of nitrogens with zero attached hydrogens (tertiary/aromatic N) is 1. The topological polar surface area (TPSA) is 37.1 Å². The molecular formula is C22H34NO2S+. The highest BCUT2D eigenvalue weighted by atomic mass is 32.1. The molecule has 0 radical (unpaired) electrons. The largest absolute Gasteiger partial charge is 0.300 e. The van der Waals surface area contributed by atoms with Gasteiger partial charge in [-0.1, -0.05) is 37.3 Å². The Kier molecular flexibility index (Phi) is 8.33. The lowest BCUT2D eigenvalue weighted by atomic mass is 10.0. The van der Waals surface area contributed by atoms with Gasteiger partial charge in [0.05, 0.1) is 5.25 Å². The molecule has 26 heavy (non-hydrogen) atoms. The fourth-order valence-corrected chi connectivity index (χ4v) is 3.72. The van der Waals surface area contributed by atoms with Crippen molar-refractivity contribution < 1.29 is 9.55 Å². The monoisotopic (exact) mass is 376 g/mol. The minimum atomic E-state index is -0.131. The van der Waals surface area contributed by atoms with Crippen LogP contribution in [0.3, 0.4) is 0 Å². The quantitative estimate of drug-likeness (QED) is 0.284. The summed E-state index contributed by atoms with van der Waals surface area (Å²) in [5, 5.41) is -0.0339. The molecule has 3 nitrogen and oxygen atoms in total. The first-order valence-electron chi connectivity index (χ1n) is 10.1. The predicted molar refractivity (Wildman–Crippen MR) is 111 cm³/mol. The molecule has 144 valence electrons. The van der Waals surface area contributed by atoms with Gasteiger partial charge in [-0.15, -0.1) is 0 Å². The number of unbranched alkanes of at least 4 members (excludes halogenated alkanes) is 1. The van der Waals surface area contributed by atoms with Crippen LogP contribution in [0, 0.1) is 10.3 Å². The number of ketones is 1.